The molecule has 0 saturated heterocycles. The average Bonchev–Trinajstić information content (AvgIpc) is 2.93. The van der Waals surface area contributed by atoms with E-state index >= 15 is 0 Å². The lowest BCUT2D eigenvalue weighted by Gasteiger charge is -2.33. The maximum Gasteiger partial charge on any atom is 0.328 e. The van der Waals surface area contributed by atoms with Gasteiger partial charge in [-0.05, 0) is 43.7 Å². The molecule has 1 N–H and O–H groups in total. The van der Waals surface area contributed by atoms with Crippen molar-refractivity contribution in [3.63, 3.8) is 0 Å². The summed E-state index contributed by atoms with van der Waals surface area (Å²) >= 11 is 1.39. The van der Waals surface area contributed by atoms with Crippen molar-refractivity contribution >= 4 is 29.3 Å². The second kappa shape index (κ2) is 6.89. The standard InChI is InChI=1S/C16H21NO3S/c1-11-3-5-13(6-4-11)17(2)16(20)12-9-14(21-10-12)7-8-15(18)19/h7-11,13H,3-6H2,1-2H3,(H,18,19). The Bertz CT molecular complexity index is 541. The van der Waals surface area contributed by atoms with Crippen molar-refractivity contribution in [3.05, 3.63) is 28.0 Å². The van der Waals surface area contributed by atoms with Crippen molar-refractivity contribution in [2.45, 2.75) is 38.6 Å². The normalized spacial score (nSPS) is 22.4. The van der Waals surface area contributed by atoms with Crippen LogP contribution in [0.1, 0.15) is 47.8 Å². The van der Waals surface area contributed by atoms with Crippen LogP contribution in [0.2, 0.25) is 0 Å². The summed E-state index contributed by atoms with van der Waals surface area (Å²) in [5.41, 5.74) is 0.645. The zero-order chi connectivity index (χ0) is 15.4. The molecule has 1 aliphatic rings. The fourth-order valence-electron chi connectivity index (χ4n) is 2.71. The van der Waals surface area contributed by atoms with Crippen LogP contribution >= 0.6 is 11.3 Å². The van der Waals surface area contributed by atoms with E-state index in [2.05, 4.69) is 6.92 Å². The van der Waals surface area contributed by atoms with E-state index in [-0.39, 0.29) is 5.91 Å². The van der Waals surface area contributed by atoms with E-state index in [4.69, 9.17) is 5.11 Å². The number of hydrogen-bond donors (Lipinski definition) is 1. The van der Waals surface area contributed by atoms with Gasteiger partial charge in [0.25, 0.3) is 5.91 Å². The first-order chi connectivity index (χ1) is 9.97. The largest absolute Gasteiger partial charge is 0.478 e. The molecule has 0 bridgehead atoms. The number of hydrogen-bond acceptors (Lipinski definition) is 3. The zero-order valence-corrected chi connectivity index (χ0v) is 13.2. The van der Waals surface area contributed by atoms with E-state index in [9.17, 15) is 9.59 Å². The minimum atomic E-state index is -0.982. The first kappa shape index (κ1) is 15.8. The molecule has 1 aliphatic carbocycles. The zero-order valence-electron chi connectivity index (χ0n) is 12.4. The van der Waals surface area contributed by atoms with Crippen LogP contribution < -0.4 is 0 Å². The molecular weight excluding hydrogens is 286 g/mol. The predicted octanol–water partition coefficient (Wildman–Crippen LogP) is 3.50. The van der Waals surface area contributed by atoms with Crippen LogP contribution in [0.25, 0.3) is 6.08 Å². The number of carbonyl (C=O) groups excluding carboxylic acids is 1. The quantitative estimate of drug-likeness (QED) is 0.866. The molecule has 4 nitrogen and oxygen atoms in total. The van der Waals surface area contributed by atoms with Gasteiger partial charge in [-0.25, -0.2) is 4.79 Å². The lowest BCUT2D eigenvalue weighted by Crippen LogP contribution is -2.39. The number of rotatable bonds is 4. The molecule has 5 heteroatoms. The fourth-order valence-corrected chi connectivity index (χ4v) is 3.48. The van der Waals surface area contributed by atoms with Gasteiger partial charge in [0.15, 0.2) is 0 Å². The van der Waals surface area contributed by atoms with Crippen molar-refractivity contribution < 1.29 is 14.7 Å². The molecule has 114 valence electrons. The summed E-state index contributed by atoms with van der Waals surface area (Å²) < 4.78 is 0. The van der Waals surface area contributed by atoms with E-state index in [0.29, 0.717) is 11.6 Å². The predicted molar refractivity (Wildman–Crippen MR) is 84.5 cm³/mol. The minimum Gasteiger partial charge on any atom is -0.478 e. The Morgan fingerprint density at radius 3 is 2.62 bits per heavy atom. The van der Waals surface area contributed by atoms with Crippen LogP contribution in [0, 0.1) is 5.92 Å². The second-order valence-corrected chi connectivity index (χ2v) is 6.68. The maximum atomic E-state index is 12.5. The van der Waals surface area contributed by atoms with Crippen molar-refractivity contribution in [3.8, 4) is 0 Å². The van der Waals surface area contributed by atoms with Gasteiger partial charge in [-0.3, -0.25) is 4.79 Å². The highest BCUT2D eigenvalue weighted by molar-refractivity contribution is 7.11. The molecule has 1 aromatic heterocycles. The first-order valence-electron chi connectivity index (χ1n) is 7.24. The molecule has 0 spiro atoms. The number of nitrogens with zero attached hydrogens (tertiary/aromatic N) is 1. The number of thiophene rings is 1. The van der Waals surface area contributed by atoms with Crippen LogP contribution in [0.5, 0.6) is 0 Å². The Morgan fingerprint density at radius 2 is 2.00 bits per heavy atom. The number of aliphatic carboxylic acids is 1. The van der Waals surface area contributed by atoms with Crippen molar-refractivity contribution in [1.29, 1.82) is 0 Å². The summed E-state index contributed by atoms with van der Waals surface area (Å²) in [6.07, 6.45) is 7.11. The third kappa shape index (κ3) is 4.17. The molecule has 1 aromatic rings. The number of amides is 1. The van der Waals surface area contributed by atoms with E-state index in [1.807, 2.05) is 11.9 Å². The number of carboxylic acid groups (broad SMARTS) is 1. The van der Waals surface area contributed by atoms with Crippen LogP contribution in [0.4, 0.5) is 0 Å². The topological polar surface area (TPSA) is 57.6 Å². The number of carbonyl (C=O) groups is 2. The Kier molecular flexibility index (Phi) is 5.17. The summed E-state index contributed by atoms with van der Waals surface area (Å²) in [4.78, 5) is 25.6. The molecule has 2 rings (SSSR count). The summed E-state index contributed by atoms with van der Waals surface area (Å²) in [6, 6.07) is 2.08. The van der Waals surface area contributed by atoms with Crippen LogP contribution in [-0.4, -0.2) is 35.0 Å². The van der Waals surface area contributed by atoms with Crippen LogP contribution in [0.3, 0.4) is 0 Å². The summed E-state index contributed by atoms with van der Waals surface area (Å²) in [6.45, 7) is 2.26. The van der Waals surface area contributed by atoms with Gasteiger partial charge < -0.3 is 10.0 Å². The SMILES string of the molecule is CC1CCC(N(C)C(=O)c2csc(C=CC(=O)O)c2)CC1. The highest BCUT2D eigenvalue weighted by atomic mass is 32.1. The summed E-state index contributed by atoms with van der Waals surface area (Å²) in [5.74, 6) is -0.191. The van der Waals surface area contributed by atoms with Crippen molar-refractivity contribution in [1.82, 2.24) is 4.90 Å². The lowest BCUT2D eigenvalue weighted by atomic mass is 9.86. The van der Waals surface area contributed by atoms with Gasteiger partial charge in [0.1, 0.15) is 0 Å². The smallest absolute Gasteiger partial charge is 0.328 e. The molecule has 21 heavy (non-hydrogen) atoms. The molecule has 1 fully saturated rings. The van der Waals surface area contributed by atoms with Gasteiger partial charge in [0, 0.05) is 29.4 Å². The highest BCUT2D eigenvalue weighted by Crippen LogP contribution is 2.28. The summed E-state index contributed by atoms with van der Waals surface area (Å²) in [5, 5.41) is 10.4. The Labute approximate surface area is 129 Å². The molecule has 0 aliphatic heterocycles. The molecule has 0 aromatic carbocycles. The first-order valence-corrected chi connectivity index (χ1v) is 8.12. The summed E-state index contributed by atoms with van der Waals surface area (Å²) in [7, 11) is 1.87. The van der Waals surface area contributed by atoms with Crippen LogP contribution in [-0.2, 0) is 4.79 Å². The Balaban J connectivity index is 2.01. The number of carboxylic acids is 1. The fraction of sp³-hybridized carbons (Fsp3) is 0.500. The van der Waals surface area contributed by atoms with Crippen molar-refractivity contribution in [2.24, 2.45) is 5.92 Å². The molecule has 0 atom stereocenters. The van der Waals surface area contributed by atoms with Gasteiger partial charge in [-0.1, -0.05) is 6.92 Å². The van der Waals surface area contributed by atoms with Gasteiger partial charge in [0.05, 0.1) is 5.56 Å². The van der Waals surface area contributed by atoms with Crippen LogP contribution in [0.15, 0.2) is 17.5 Å². The third-order valence-corrected chi connectivity index (χ3v) is 5.01. The molecule has 1 amide bonds. The van der Waals surface area contributed by atoms with Gasteiger partial charge >= 0.3 is 5.97 Å². The molecular formula is C16H21NO3S. The Hall–Kier alpha value is -1.62. The monoisotopic (exact) mass is 307 g/mol. The van der Waals surface area contributed by atoms with E-state index < -0.39 is 5.97 Å². The average molecular weight is 307 g/mol. The highest BCUT2D eigenvalue weighted by Gasteiger charge is 2.25. The minimum absolute atomic E-state index is 0.0285. The third-order valence-electron chi connectivity index (χ3n) is 4.11. The molecule has 0 unspecified atom stereocenters. The lowest BCUT2D eigenvalue weighted by molar-refractivity contribution is -0.131. The maximum absolute atomic E-state index is 12.5. The van der Waals surface area contributed by atoms with Crippen molar-refractivity contribution in [2.75, 3.05) is 7.05 Å². The van der Waals surface area contributed by atoms with E-state index in [1.54, 1.807) is 11.4 Å². The second-order valence-electron chi connectivity index (χ2n) is 5.74. The molecule has 1 heterocycles. The van der Waals surface area contributed by atoms with Gasteiger partial charge in [-0.15, -0.1) is 11.3 Å². The Morgan fingerprint density at radius 1 is 1.33 bits per heavy atom. The van der Waals surface area contributed by atoms with E-state index in [1.165, 1.54) is 30.3 Å². The van der Waals surface area contributed by atoms with E-state index in [0.717, 1.165) is 29.7 Å². The molecule has 0 radical (unpaired) electrons. The molecule has 1 saturated carbocycles. The van der Waals surface area contributed by atoms with Gasteiger partial charge in [-0.2, -0.15) is 0 Å². The van der Waals surface area contributed by atoms with Gasteiger partial charge in [0.2, 0.25) is 0 Å².